The van der Waals surface area contributed by atoms with E-state index in [1.54, 1.807) is 0 Å². The van der Waals surface area contributed by atoms with Crippen LogP contribution in [0.1, 0.15) is 57.8 Å². The Labute approximate surface area is 147 Å². The van der Waals surface area contributed by atoms with Gasteiger partial charge in [-0.25, -0.2) is 0 Å². The van der Waals surface area contributed by atoms with Crippen molar-refractivity contribution in [1.29, 1.82) is 0 Å². The second-order valence-electron chi connectivity index (χ2n) is 5.49. The van der Waals surface area contributed by atoms with E-state index in [1.807, 2.05) is 0 Å². The zero-order chi connectivity index (χ0) is 17.2. The summed E-state index contributed by atoms with van der Waals surface area (Å²) in [5.74, 6) is 0. The van der Waals surface area contributed by atoms with Gasteiger partial charge in [0.2, 0.25) is 0 Å². The van der Waals surface area contributed by atoms with Crippen LogP contribution in [0, 0.1) is 0 Å². The van der Waals surface area contributed by atoms with E-state index in [0.29, 0.717) is 39.5 Å². The van der Waals surface area contributed by atoms with Crippen LogP contribution in [0.25, 0.3) is 0 Å². The molecule has 0 saturated carbocycles. The summed E-state index contributed by atoms with van der Waals surface area (Å²) < 4.78 is 17.3. The smallest absolute Gasteiger partial charge is 0.327 e. The molecule has 0 aliphatic rings. The van der Waals surface area contributed by atoms with Crippen molar-refractivity contribution in [3.05, 3.63) is 0 Å². The van der Waals surface area contributed by atoms with Crippen LogP contribution in [0.3, 0.4) is 0 Å². The molecule has 140 valence electrons. The third-order valence-corrected chi connectivity index (χ3v) is 5.74. The average molecular weight is 370 g/mol. The Kier molecular flexibility index (Phi) is 17.5. The predicted molar refractivity (Wildman–Crippen MR) is 101 cm³/mol. The minimum absolute atomic E-state index is 0.572. The Morgan fingerprint density at radius 2 is 0.826 bits per heavy atom. The first kappa shape index (κ1) is 23.4. The van der Waals surface area contributed by atoms with Gasteiger partial charge in [-0.15, -0.1) is 0 Å². The Morgan fingerprint density at radius 1 is 0.522 bits per heavy atom. The molecule has 8 heteroatoms. The number of rotatable bonds is 18. The van der Waals surface area contributed by atoms with Crippen molar-refractivity contribution in [2.45, 2.75) is 57.8 Å². The van der Waals surface area contributed by atoms with E-state index in [2.05, 4.69) is 0 Å². The van der Waals surface area contributed by atoms with Crippen LogP contribution >= 0.6 is 6.72 Å². The Bertz CT molecular complexity index is 256. The van der Waals surface area contributed by atoms with E-state index < -0.39 is 6.72 Å². The number of hydrogen-bond acceptors (Lipinski definition) is 7. The monoisotopic (exact) mass is 369 g/mol. The Balaban J connectivity index is 4.03. The Morgan fingerprint density at radius 3 is 1.09 bits per heavy atom. The molecule has 0 aliphatic heterocycles. The molecule has 6 nitrogen and oxygen atoms in total. The zero-order valence-electron chi connectivity index (χ0n) is 14.4. The van der Waals surface area contributed by atoms with E-state index in [1.165, 1.54) is 0 Å². The molecule has 0 radical (unpaired) electrons. The summed E-state index contributed by atoms with van der Waals surface area (Å²) in [6.45, 7) is 1.23. The van der Waals surface area contributed by atoms with Crippen molar-refractivity contribution in [3.63, 3.8) is 0 Å². The van der Waals surface area contributed by atoms with Crippen molar-refractivity contribution in [1.82, 2.24) is 0 Å². The van der Waals surface area contributed by atoms with Gasteiger partial charge in [0, 0.05) is 0 Å². The minimum atomic E-state index is -2.63. The third kappa shape index (κ3) is 15.7. The van der Waals surface area contributed by atoms with Gasteiger partial charge in [-0.1, -0.05) is 0 Å². The second-order valence-corrected chi connectivity index (χ2v) is 8.51. The summed E-state index contributed by atoms with van der Waals surface area (Å²) in [5.41, 5.74) is 16.5. The lowest BCUT2D eigenvalue weighted by Gasteiger charge is -2.22. The molecule has 0 heterocycles. The number of unbranched alkanes of at least 4 members (excludes halogenated alkanes) is 6. The maximum atomic E-state index is 5.78. The SMILES string of the molecule is NCCCCCOP(=S)(OCCCCCN)OCCCCCN. The van der Waals surface area contributed by atoms with Crippen LogP contribution < -0.4 is 17.2 Å². The first-order valence-corrected chi connectivity index (χ1v) is 11.4. The summed E-state index contributed by atoms with van der Waals surface area (Å²) in [7, 11) is 0. The molecule has 23 heavy (non-hydrogen) atoms. The molecule has 0 saturated heterocycles. The van der Waals surface area contributed by atoms with Gasteiger partial charge < -0.3 is 30.8 Å². The van der Waals surface area contributed by atoms with Crippen LogP contribution in [0.5, 0.6) is 0 Å². The summed E-state index contributed by atoms with van der Waals surface area (Å²) >= 11 is 5.51. The Hall–Kier alpha value is 0.410. The fourth-order valence-corrected chi connectivity index (χ4v) is 3.86. The van der Waals surface area contributed by atoms with E-state index >= 15 is 0 Å². The predicted octanol–water partition coefficient (Wildman–Crippen LogP) is 2.65. The van der Waals surface area contributed by atoms with Crippen LogP contribution in [-0.2, 0) is 25.4 Å². The highest BCUT2D eigenvalue weighted by Gasteiger charge is 2.20. The highest BCUT2D eigenvalue weighted by Crippen LogP contribution is 2.50. The lowest BCUT2D eigenvalue weighted by molar-refractivity contribution is 0.151. The summed E-state index contributed by atoms with van der Waals surface area (Å²) in [6.07, 6.45) is 8.94. The molecular formula is C15H36N3O3PS. The first-order chi connectivity index (χ1) is 11.2. The molecule has 0 rings (SSSR count). The van der Waals surface area contributed by atoms with Crippen molar-refractivity contribution in [3.8, 4) is 0 Å². The number of hydrogen-bond donors (Lipinski definition) is 3. The van der Waals surface area contributed by atoms with Crippen LogP contribution in [0.2, 0.25) is 0 Å². The fourth-order valence-electron chi connectivity index (χ4n) is 1.91. The van der Waals surface area contributed by atoms with E-state index in [0.717, 1.165) is 57.8 Å². The van der Waals surface area contributed by atoms with Crippen LogP contribution in [-0.4, -0.2) is 39.5 Å². The lowest BCUT2D eigenvalue weighted by Crippen LogP contribution is -2.06. The van der Waals surface area contributed by atoms with E-state index in [4.69, 9.17) is 42.6 Å². The fraction of sp³-hybridized carbons (Fsp3) is 1.00. The highest BCUT2D eigenvalue weighted by atomic mass is 32.5. The molecule has 0 spiro atoms. The first-order valence-electron chi connectivity index (χ1n) is 8.82. The van der Waals surface area contributed by atoms with Gasteiger partial charge in [0.25, 0.3) is 0 Å². The topological polar surface area (TPSA) is 106 Å². The van der Waals surface area contributed by atoms with Gasteiger partial charge in [-0.05, 0) is 89.2 Å². The maximum absolute atomic E-state index is 5.78. The molecule has 0 atom stereocenters. The van der Waals surface area contributed by atoms with Gasteiger partial charge in [-0.2, -0.15) is 0 Å². The third-order valence-electron chi connectivity index (χ3n) is 3.29. The van der Waals surface area contributed by atoms with Crippen LogP contribution in [0.15, 0.2) is 0 Å². The van der Waals surface area contributed by atoms with Crippen LogP contribution in [0.4, 0.5) is 0 Å². The van der Waals surface area contributed by atoms with Gasteiger partial charge >= 0.3 is 6.72 Å². The van der Waals surface area contributed by atoms with Gasteiger partial charge in [0.05, 0.1) is 19.8 Å². The summed E-state index contributed by atoms with van der Waals surface area (Å²) in [4.78, 5) is 0. The molecule has 0 fully saturated rings. The maximum Gasteiger partial charge on any atom is 0.327 e. The van der Waals surface area contributed by atoms with E-state index in [9.17, 15) is 0 Å². The normalized spacial score (nSPS) is 12.0. The molecule has 0 unspecified atom stereocenters. The van der Waals surface area contributed by atoms with Crippen molar-refractivity contribution in [2.24, 2.45) is 17.2 Å². The average Bonchev–Trinajstić information content (AvgIpc) is 2.54. The quantitative estimate of drug-likeness (QED) is 0.252. The summed E-state index contributed by atoms with van der Waals surface area (Å²) in [6, 6.07) is 0. The molecular weight excluding hydrogens is 333 g/mol. The molecule has 0 amide bonds. The van der Waals surface area contributed by atoms with Gasteiger partial charge in [0.15, 0.2) is 0 Å². The largest absolute Gasteiger partial charge is 0.330 e. The van der Waals surface area contributed by atoms with Gasteiger partial charge in [-0.3, -0.25) is 0 Å². The lowest BCUT2D eigenvalue weighted by atomic mass is 10.2. The standard InChI is InChI=1S/C15H36N3O3PS/c16-10-4-1-7-13-19-22(23,20-14-8-2-5-11-17)21-15-9-3-6-12-18/h1-18H2. The second kappa shape index (κ2) is 17.2. The summed E-state index contributed by atoms with van der Waals surface area (Å²) in [5, 5.41) is 0. The molecule has 0 aliphatic carbocycles. The molecule has 0 aromatic rings. The van der Waals surface area contributed by atoms with Crippen molar-refractivity contribution >= 4 is 18.5 Å². The molecule has 0 aromatic heterocycles. The van der Waals surface area contributed by atoms with Crippen molar-refractivity contribution < 1.29 is 13.6 Å². The highest BCUT2D eigenvalue weighted by molar-refractivity contribution is 8.07. The molecule has 0 aromatic carbocycles. The van der Waals surface area contributed by atoms with Crippen molar-refractivity contribution in [2.75, 3.05) is 39.5 Å². The number of nitrogens with two attached hydrogens (primary N) is 3. The molecule has 0 bridgehead atoms. The van der Waals surface area contributed by atoms with E-state index in [-0.39, 0.29) is 0 Å². The minimum Gasteiger partial charge on any atom is -0.330 e. The molecule has 6 N–H and O–H groups in total. The zero-order valence-corrected chi connectivity index (χ0v) is 16.1. The van der Waals surface area contributed by atoms with Gasteiger partial charge in [0.1, 0.15) is 0 Å².